The summed E-state index contributed by atoms with van der Waals surface area (Å²) in [5.41, 5.74) is 1.19. The van der Waals surface area contributed by atoms with Crippen LogP contribution in [0.4, 0.5) is 11.4 Å². The molecule has 2 aliphatic rings. The molecule has 3 atom stereocenters. The Labute approximate surface area is 196 Å². The molecule has 2 amide bonds. The van der Waals surface area contributed by atoms with E-state index in [9.17, 15) is 18.0 Å². The third kappa shape index (κ3) is 3.66. The van der Waals surface area contributed by atoms with Gasteiger partial charge in [0.1, 0.15) is 5.41 Å². The predicted molar refractivity (Wildman–Crippen MR) is 126 cm³/mol. The van der Waals surface area contributed by atoms with Gasteiger partial charge >= 0.3 is 0 Å². The van der Waals surface area contributed by atoms with Crippen LogP contribution in [0.15, 0.2) is 48.6 Å². The number of fused-ring (bicyclic) bond motifs is 2. The van der Waals surface area contributed by atoms with Crippen LogP contribution >= 0.6 is 23.2 Å². The van der Waals surface area contributed by atoms with Crippen LogP contribution < -0.4 is 15.4 Å². The summed E-state index contributed by atoms with van der Waals surface area (Å²) in [5, 5.41) is 6.61. The van der Waals surface area contributed by atoms with E-state index in [1.165, 1.54) is 6.07 Å². The maximum atomic E-state index is 13.7. The zero-order valence-electron chi connectivity index (χ0n) is 17.3. The molecule has 10 heteroatoms. The van der Waals surface area contributed by atoms with Crippen molar-refractivity contribution in [2.75, 3.05) is 16.3 Å². The second kappa shape index (κ2) is 7.79. The second-order valence-electron chi connectivity index (χ2n) is 8.22. The predicted octanol–water partition coefficient (Wildman–Crippen LogP) is 3.80. The standard InChI is InChI=1S/C22H21Cl2N3O4S/c1-11(2)20-22(15-6-4-13(24)9-18(15)25-21(22)29)16(10-19(28)26-20)14-8-12(23)5-7-17(14)27-32(3,30)31/h4-9,16,20,27H,1,10H2,2-3H3,(H,25,29)(H,26,28)/t16-,20+,22-/m0/s1. The molecule has 32 heavy (non-hydrogen) atoms. The lowest BCUT2D eigenvalue weighted by atomic mass is 9.59. The van der Waals surface area contributed by atoms with Crippen LogP contribution in [0.2, 0.25) is 10.0 Å². The van der Waals surface area contributed by atoms with Crippen LogP contribution in [0.3, 0.4) is 0 Å². The molecule has 2 aromatic carbocycles. The van der Waals surface area contributed by atoms with Gasteiger partial charge in [-0.1, -0.05) is 41.4 Å². The molecular formula is C22H21Cl2N3O4S. The molecule has 0 bridgehead atoms. The number of carbonyl (C=O) groups is 2. The molecule has 0 unspecified atom stereocenters. The molecule has 0 aromatic heterocycles. The van der Waals surface area contributed by atoms with Crippen LogP contribution in [0, 0.1) is 0 Å². The number of rotatable bonds is 4. The molecule has 4 rings (SSSR count). The first-order chi connectivity index (χ1) is 14.9. The third-order valence-corrected chi connectivity index (χ3v) is 6.99. The highest BCUT2D eigenvalue weighted by atomic mass is 35.5. The summed E-state index contributed by atoms with van der Waals surface area (Å²) in [6, 6.07) is 9.03. The molecule has 0 radical (unpaired) electrons. The van der Waals surface area contributed by atoms with Gasteiger partial charge in [-0.05, 0) is 48.4 Å². The number of amides is 2. The highest BCUT2D eigenvalue weighted by Gasteiger charge is 2.61. The first-order valence-corrected chi connectivity index (χ1v) is 12.4. The number of halogens is 2. The molecule has 2 aliphatic heterocycles. The van der Waals surface area contributed by atoms with E-state index >= 15 is 0 Å². The molecule has 1 fully saturated rings. The fourth-order valence-corrected chi connectivity index (χ4v) is 5.76. The Morgan fingerprint density at radius 1 is 1.16 bits per heavy atom. The van der Waals surface area contributed by atoms with Crippen LogP contribution in [-0.2, 0) is 25.0 Å². The zero-order valence-corrected chi connectivity index (χ0v) is 19.7. The van der Waals surface area contributed by atoms with Gasteiger partial charge < -0.3 is 10.6 Å². The van der Waals surface area contributed by atoms with Gasteiger partial charge in [0.05, 0.1) is 18.0 Å². The van der Waals surface area contributed by atoms with Crippen molar-refractivity contribution in [3.63, 3.8) is 0 Å². The molecule has 0 saturated carbocycles. The van der Waals surface area contributed by atoms with Crippen molar-refractivity contribution in [1.29, 1.82) is 0 Å². The Hall–Kier alpha value is -2.55. The van der Waals surface area contributed by atoms with Crippen molar-refractivity contribution in [3.8, 4) is 0 Å². The zero-order chi connectivity index (χ0) is 23.4. The van der Waals surface area contributed by atoms with Gasteiger partial charge in [-0.3, -0.25) is 14.3 Å². The van der Waals surface area contributed by atoms with E-state index in [4.69, 9.17) is 23.2 Å². The van der Waals surface area contributed by atoms with Gasteiger partial charge in [-0.15, -0.1) is 0 Å². The van der Waals surface area contributed by atoms with E-state index < -0.39 is 27.4 Å². The molecule has 2 aromatic rings. The van der Waals surface area contributed by atoms with Crippen molar-refractivity contribution in [3.05, 3.63) is 69.7 Å². The maximum Gasteiger partial charge on any atom is 0.238 e. The molecule has 3 N–H and O–H groups in total. The number of nitrogens with one attached hydrogen (secondary N) is 3. The average molecular weight is 494 g/mol. The third-order valence-electron chi connectivity index (χ3n) is 5.93. The van der Waals surface area contributed by atoms with Crippen molar-refractivity contribution in [2.24, 2.45) is 0 Å². The second-order valence-corrected chi connectivity index (χ2v) is 10.8. The Morgan fingerprint density at radius 3 is 2.47 bits per heavy atom. The van der Waals surface area contributed by atoms with Crippen LogP contribution in [0.25, 0.3) is 0 Å². The number of piperidine rings is 1. The van der Waals surface area contributed by atoms with Gasteiger partial charge in [-0.25, -0.2) is 8.42 Å². The lowest BCUT2D eigenvalue weighted by Gasteiger charge is -2.47. The average Bonchev–Trinajstić information content (AvgIpc) is 2.95. The first kappa shape index (κ1) is 22.6. The largest absolute Gasteiger partial charge is 0.348 e. The van der Waals surface area contributed by atoms with Crippen molar-refractivity contribution < 1.29 is 18.0 Å². The van der Waals surface area contributed by atoms with Crippen molar-refractivity contribution in [1.82, 2.24) is 5.32 Å². The fraction of sp³-hybridized carbons (Fsp3) is 0.273. The SMILES string of the molecule is C=C(C)[C@H]1NC(=O)C[C@@H](c2cc(Cl)ccc2NS(C)(=O)=O)[C@]12C(=O)Nc1cc(Cl)ccc12. The summed E-state index contributed by atoms with van der Waals surface area (Å²) >= 11 is 12.4. The molecule has 1 saturated heterocycles. The lowest BCUT2D eigenvalue weighted by molar-refractivity contribution is -0.130. The van der Waals surface area contributed by atoms with Crippen molar-refractivity contribution in [2.45, 2.75) is 30.7 Å². The number of hydrogen-bond donors (Lipinski definition) is 3. The number of hydrogen-bond acceptors (Lipinski definition) is 4. The summed E-state index contributed by atoms with van der Waals surface area (Å²) in [7, 11) is -3.64. The summed E-state index contributed by atoms with van der Waals surface area (Å²) < 4.78 is 26.6. The minimum atomic E-state index is -3.64. The van der Waals surface area contributed by atoms with Gasteiger partial charge in [0.2, 0.25) is 21.8 Å². The summed E-state index contributed by atoms with van der Waals surface area (Å²) in [4.78, 5) is 26.5. The monoisotopic (exact) mass is 493 g/mol. The molecule has 168 valence electrons. The minimum absolute atomic E-state index is 0.0575. The van der Waals surface area contributed by atoms with E-state index in [1.54, 1.807) is 37.3 Å². The van der Waals surface area contributed by atoms with Crippen molar-refractivity contribution >= 4 is 56.4 Å². The van der Waals surface area contributed by atoms with E-state index in [-0.39, 0.29) is 23.9 Å². The van der Waals surface area contributed by atoms with Crippen LogP contribution in [-0.4, -0.2) is 32.5 Å². The van der Waals surface area contributed by atoms with Crippen LogP contribution in [0.1, 0.15) is 30.4 Å². The van der Waals surface area contributed by atoms with Gasteiger partial charge in [0.15, 0.2) is 0 Å². The number of benzene rings is 2. The Balaban J connectivity index is 2.04. The molecule has 2 heterocycles. The van der Waals surface area contributed by atoms with Crippen LogP contribution in [0.5, 0.6) is 0 Å². The van der Waals surface area contributed by atoms with E-state index in [2.05, 4.69) is 21.9 Å². The highest BCUT2D eigenvalue weighted by Crippen LogP contribution is 2.55. The topological polar surface area (TPSA) is 104 Å². The number of anilines is 2. The maximum absolute atomic E-state index is 13.7. The van der Waals surface area contributed by atoms with Gasteiger partial charge in [0.25, 0.3) is 0 Å². The Morgan fingerprint density at radius 2 is 1.81 bits per heavy atom. The normalized spacial score (nSPS) is 24.6. The first-order valence-electron chi connectivity index (χ1n) is 9.77. The van der Waals surface area contributed by atoms with E-state index in [0.717, 1.165) is 6.26 Å². The molecular weight excluding hydrogens is 473 g/mol. The Kier molecular flexibility index (Phi) is 5.51. The molecule has 0 aliphatic carbocycles. The Bertz CT molecular complexity index is 1280. The lowest BCUT2D eigenvalue weighted by Crippen LogP contribution is -2.62. The van der Waals surface area contributed by atoms with Gasteiger partial charge in [-0.2, -0.15) is 0 Å². The van der Waals surface area contributed by atoms with E-state index in [0.29, 0.717) is 32.4 Å². The fourth-order valence-electron chi connectivity index (χ4n) is 4.82. The number of sulfonamides is 1. The molecule has 1 spiro atoms. The summed E-state index contributed by atoms with van der Waals surface area (Å²) in [6.45, 7) is 5.77. The highest BCUT2D eigenvalue weighted by molar-refractivity contribution is 7.92. The molecule has 7 nitrogen and oxygen atoms in total. The smallest absolute Gasteiger partial charge is 0.238 e. The quantitative estimate of drug-likeness (QED) is 0.563. The summed E-state index contributed by atoms with van der Waals surface area (Å²) in [6.07, 6.45) is 0.975. The van der Waals surface area contributed by atoms with E-state index in [1.807, 2.05) is 0 Å². The minimum Gasteiger partial charge on any atom is -0.348 e. The number of carbonyl (C=O) groups excluding carboxylic acids is 2. The summed E-state index contributed by atoms with van der Waals surface area (Å²) in [5.74, 6) is -1.35. The van der Waals surface area contributed by atoms with Gasteiger partial charge in [0, 0.05) is 28.1 Å².